The first-order valence-corrected chi connectivity index (χ1v) is 5.71. The molecule has 1 aromatic heterocycles. The molecule has 19 heavy (non-hydrogen) atoms. The average molecular weight is 264 g/mol. The highest BCUT2D eigenvalue weighted by Gasteiger charge is 2.13. The van der Waals surface area contributed by atoms with Crippen molar-refractivity contribution in [3.8, 4) is 0 Å². The Labute approximate surface area is 109 Å². The van der Waals surface area contributed by atoms with Gasteiger partial charge in [0.1, 0.15) is 17.5 Å². The number of aromatic nitrogens is 1. The molecule has 0 radical (unpaired) electrons. The predicted molar refractivity (Wildman–Crippen MR) is 68.8 cm³/mol. The topological polar surface area (TPSA) is 77.0 Å². The fourth-order valence-electron chi connectivity index (χ4n) is 1.91. The summed E-state index contributed by atoms with van der Waals surface area (Å²) in [6, 6.07) is 6.38. The molecule has 1 unspecified atom stereocenters. The van der Waals surface area contributed by atoms with Gasteiger partial charge in [0.15, 0.2) is 0 Å². The Kier molecular flexibility index (Phi) is 4.03. The van der Waals surface area contributed by atoms with E-state index in [-0.39, 0.29) is 0 Å². The van der Waals surface area contributed by atoms with Gasteiger partial charge in [-0.05, 0) is 41.8 Å². The molecule has 0 amide bonds. The van der Waals surface area contributed by atoms with Crippen LogP contribution in [0.5, 0.6) is 0 Å². The molecule has 2 aromatic rings. The highest BCUT2D eigenvalue weighted by Crippen LogP contribution is 2.20. The minimum atomic E-state index is -0.635. The summed E-state index contributed by atoms with van der Waals surface area (Å²) in [6.45, 7) is 0. The minimum absolute atomic E-state index is 0.388. The largest absolute Gasteiger partial charge is 0.384 e. The molecule has 1 heterocycles. The van der Waals surface area contributed by atoms with Crippen molar-refractivity contribution in [1.29, 1.82) is 0 Å². The Balaban J connectivity index is 2.24. The number of nitrogens with one attached hydrogen (secondary N) is 1. The lowest BCUT2D eigenvalue weighted by molar-refractivity contribution is 0.530. The van der Waals surface area contributed by atoms with Crippen molar-refractivity contribution < 1.29 is 8.78 Å². The Bertz CT molecular complexity index is 554. The lowest BCUT2D eigenvalue weighted by Crippen LogP contribution is -2.29. The molecule has 0 saturated heterocycles. The van der Waals surface area contributed by atoms with E-state index in [0.29, 0.717) is 17.8 Å². The number of benzene rings is 1. The maximum absolute atomic E-state index is 13.2. The van der Waals surface area contributed by atoms with Gasteiger partial charge in [-0.3, -0.25) is 11.3 Å². The summed E-state index contributed by atoms with van der Waals surface area (Å²) in [6.07, 6.45) is 2.02. The number of nitrogens with zero attached hydrogens (tertiary/aromatic N) is 1. The van der Waals surface area contributed by atoms with Gasteiger partial charge in [-0.2, -0.15) is 0 Å². The summed E-state index contributed by atoms with van der Waals surface area (Å²) in [7, 11) is 0. The molecule has 2 rings (SSSR count). The van der Waals surface area contributed by atoms with E-state index < -0.39 is 17.7 Å². The molecule has 1 atom stereocenters. The molecule has 0 saturated carbocycles. The molecule has 0 bridgehead atoms. The first-order chi connectivity index (χ1) is 9.08. The monoisotopic (exact) mass is 264 g/mol. The van der Waals surface area contributed by atoms with Crippen LogP contribution in [0.3, 0.4) is 0 Å². The van der Waals surface area contributed by atoms with Crippen LogP contribution in [0.2, 0.25) is 0 Å². The van der Waals surface area contributed by atoms with Crippen LogP contribution in [0.4, 0.5) is 14.6 Å². The average Bonchev–Trinajstić information content (AvgIpc) is 2.34. The number of hydrogen-bond acceptors (Lipinski definition) is 4. The standard InChI is InChI=1S/C13H14F2N4/c14-10-5-9(6-11(15)7-10)12(19-17)3-8-1-2-18-13(16)4-8/h1-2,4-7,12,19H,3,17H2,(H2,16,18). The van der Waals surface area contributed by atoms with Crippen molar-refractivity contribution in [2.45, 2.75) is 12.5 Å². The van der Waals surface area contributed by atoms with E-state index in [1.54, 1.807) is 18.3 Å². The maximum Gasteiger partial charge on any atom is 0.126 e. The lowest BCUT2D eigenvalue weighted by Gasteiger charge is -2.16. The second-order valence-electron chi connectivity index (χ2n) is 4.22. The molecular weight excluding hydrogens is 250 g/mol. The second-order valence-corrected chi connectivity index (χ2v) is 4.22. The molecule has 4 nitrogen and oxygen atoms in total. The van der Waals surface area contributed by atoms with Gasteiger partial charge < -0.3 is 5.73 Å². The number of rotatable bonds is 4. The van der Waals surface area contributed by atoms with Gasteiger partial charge in [-0.25, -0.2) is 13.8 Å². The Hall–Kier alpha value is -2.05. The third-order valence-corrected chi connectivity index (χ3v) is 2.77. The third kappa shape index (κ3) is 3.46. The Morgan fingerprint density at radius 1 is 1.16 bits per heavy atom. The zero-order valence-electron chi connectivity index (χ0n) is 10.1. The quantitative estimate of drug-likeness (QED) is 0.580. The number of halogens is 2. The first-order valence-electron chi connectivity index (χ1n) is 5.71. The van der Waals surface area contributed by atoms with Gasteiger partial charge in [-0.15, -0.1) is 0 Å². The molecule has 6 heteroatoms. The SMILES string of the molecule is NNC(Cc1ccnc(N)c1)c1cc(F)cc(F)c1. The van der Waals surface area contributed by atoms with Gasteiger partial charge in [0.05, 0.1) is 6.04 Å². The van der Waals surface area contributed by atoms with Crippen molar-refractivity contribution >= 4 is 5.82 Å². The molecule has 1 aromatic carbocycles. The van der Waals surface area contributed by atoms with Gasteiger partial charge in [-0.1, -0.05) is 0 Å². The van der Waals surface area contributed by atoms with E-state index in [9.17, 15) is 8.78 Å². The van der Waals surface area contributed by atoms with Crippen LogP contribution in [0.1, 0.15) is 17.2 Å². The molecule has 5 N–H and O–H groups in total. The first kappa shape index (κ1) is 13.4. The molecule has 0 fully saturated rings. The van der Waals surface area contributed by atoms with Gasteiger partial charge in [0.25, 0.3) is 0 Å². The number of anilines is 1. The van der Waals surface area contributed by atoms with Crippen molar-refractivity contribution in [2.75, 3.05) is 5.73 Å². The van der Waals surface area contributed by atoms with Crippen LogP contribution >= 0.6 is 0 Å². The van der Waals surface area contributed by atoms with Crippen LogP contribution in [-0.2, 0) is 6.42 Å². The number of hydrazine groups is 1. The van der Waals surface area contributed by atoms with Gasteiger partial charge in [0.2, 0.25) is 0 Å². The molecular formula is C13H14F2N4. The van der Waals surface area contributed by atoms with E-state index in [0.717, 1.165) is 11.6 Å². The zero-order valence-corrected chi connectivity index (χ0v) is 10.1. The number of pyridine rings is 1. The van der Waals surface area contributed by atoms with Crippen molar-refractivity contribution in [2.24, 2.45) is 5.84 Å². The summed E-state index contributed by atoms with van der Waals surface area (Å²) < 4.78 is 26.4. The van der Waals surface area contributed by atoms with E-state index in [1.807, 2.05) is 0 Å². The lowest BCUT2D eigenvalue weighted by atomic mass is 10.00. The van der Waals surface area contributed by atoms with E-state index >= 15 is 0 Å². The fourth-order valence-corrected chi connectivity index (χ4v) is 1.91. The minimum Gasteiger partial charge on any atom is -0.384 e. The maximum atomic E-state index is 13.2. The summed E-state index contributed by atoms with van der Waals surface area (Å²) in [5, 5.41) is 0. The van der Waals surface area contributed by atoms with Gasteiger partial charge in [0, 0.05) is 12.3 Å². The second kappa shape index (κ2) is 5.73. The number of nitrogen functional groups attached to an aromatic ring is 1. The number of hydrogen-bond donors (Lipinski definition) is 3. The van der Waals surface area contributed by atoms with Crippen LogP contribution in [0, 0.1) is 11.6 Å². The molecule has 100 valence electrons. The van der Waals surface area contributed by atoms with E-state index in [4.69, 9.17) is 11.6 Å². The van der Waals surface area contributed by atoms with Gasteiger partial charge >= 0.3 is 0 Å². The highest BCUT2D eigenvalue weighted by atomic mass is 19.1. The number of nitrogens with two attached hydrogens (primary N) is 2. The van der Waals surface area contributed by atoms with E-state index in [2.05, 4.69) is 10.4 Å². The van der Waals surface area contributed by atoms with Crippen LogP contribution < -0.4 is 17.0 Å². The molecule has 0 aliphatic carbocycles. The molecule has 0 spiro atoms. The molecule has 0 aliphatic heterocycles. The van der Waals surface area contributed by atoms with Crippen LogP contribution in [0.15, 0.2) is 36.5 Å². The smallest absolute Gasteiger partial charge is 0.126 e. The van der Waals surface area contributed by atoms with Crippen molar-refractivity contribution in [3.05, 3.63) is 59.3 Å². The summed E-state index contributed by atoms with van der Waals surface area (Å²) >= 11 is 0. The van der Waals surface area contributed by atoms with Crippen LogP contribution in [-0.4, -0.2) is 4.98 Å². The van der Waals surface area contributed by atoms with Crippen LogP contribution in [0.25, 0.3) is 0 Å². The highest BCUT2D eigenvalue weighted by molar-refractivity contribution is 5.33. The summed E-state index contributed by atoms with van der Waals surface area (Å²) in [4.78, 5) is 3.88. The van der Waals surface area contributed by atoms with E-state index in [1.165, 1.54) is 12.1 Å². The Morgan fingerprint density at radius 3 is 2.42 bits per heavy atom. The van der Waals surface area contributed by atoms with Crippen molar-refractivity contribution in [1.82, 2.24) is 10.4 Å². The summed E-state index contributed by atoms with van der Waals surface area (Å²) in [5.74, 6) is 4.57. The van der Waals surface area contributed by atoms with Crippen molar-refractivity contribution in [3.63, 3.8) is 0 Å². The predicted octanol–water partition coefficient (Wildman–Crippen LogP) is 1.69. The zero-order chi connectivity index (χ0) is 13.8. The molecule has 0 aliphatic rings. The summed E-state index contributed by atoms with van der Waals surface area (Å²) in [5.41, 5.74) is 9.44. The third-order valence-electron chi connectivity index (χ3n) is 2.77. The normalized spacial score (nSPS) is 12.4. The fraction of sp³-hybridized carbons (Fsp3) is 0.154. The Morgan fingerprint density at radius 2 is 1.84 bits per heavy atom.